The molecule has 1 heterocycles. The van der Waals surface area contributed by atoms with Crippen LogP contribution in [0.3, 0.4) is 0 Å². The van der Waals surface area contributed by atoms with E-state index >= 15 is 0 Å². The highest BCUT2D eigenvalue weighted by molar-refractivity contribution is 6.32. The van der Waals surface area contributed by atoms with Crippen molar-refractivity contribution in [1.29, 1.82) is 0 Å². The van der Waals surface area contributed by atoms with Crippen molar-refractivity contribution in [2.45, 2.75) is 6.54 Å². The minimum Gasteiger partial charge on any atom is -0.372 e. The van der Waals surface area contributed by atoms with E-state index in [0.717, 1.165) is 24.2 Å². The summed E-state index contributed by atoms with van der Waals surface area (Å²) in [6.07, 6.45) is 3.94. The lowest BCUT2D eigenvalue weighted by Gasteiger charge is -2.25. The second-order valence-corrected chi connectivity index (χ2v) is 3.70. The van der Waals surface area contributed by atoms with E-state index in [1.165, 1.54) is 0 Å². The predicted molar refractivity (Wildman–Crippen MR) is 60.0 cm³/mol. The molecule has 0 unspecified atom stereocenters. The normalized spacial score (nSPS) is 15.3. The highest BCUT2D eigenvalue weighted by Gasteiger charge is 2.11. The Balaban J connectivity index is 2.36. The van der Waals surface area contributed by atoms with Gasteiger partial charge in [0.05, 0.1) is 1.37 Å². The Hall–Kier alpha value is -0.990. The van der Waals surface area contributed by atoms with Gasteiger partial charge in [-0.1, -0.05) is 23.7 Å². The monoisotopic (exact) mass is 209 g/mol. The number of nitrogens with two attached hydrogens (primary N) is 1. The van der Waals surface area contributed by atoms with Crippen LogP contribution >= 0.6 is 11.6 Å². The minimum absolute atomic E-state index is 0.542. The molecular weight excluding hydrogens is 196 g/mol. The fraction of sp³-hybridized carbons (Fsp3) is 0.273. The van der Waals surface area contributed by atoms with Crippen molar-refractivity contribution < 1.29 is 1.37 Å². The first-order chi connectivity index (χ1) is 7.22. The molecular formula is C11H13ClN2. The summed E-state index contributed by atoms with van der Waals surface area (Å²) in [4.78, 5) is 2.09. The number of hydrogen-bond donors (Lipinski definition) is 1. The lowest BCUT2D eigenvalue weighted by Crippen LogP contribution is -2.26. The Bertz CT molecular complexity index is 404. The molecule has 1 aliphatic rings. The number of rotatable bonds is 2. The molecule has 0 saturated heterocycles. The quantitative estimate of drug-likeness (QED) is 0.808. The fourth-order valence-corrected chi connectivity index (χ4v) is 1.83. The fourth-order valence-electron chi connectivity index (χ4n) is 1.59. The van der Waals surface area contributed by atoms with E-state index in [9.17, 15) is 0 Å². The van der Waals surface area contributed by atoms with Gasteiger partial charge in [-0.25, -0.2) is 0 Å². The summed E-state index contributed by atoms with van der Waals surface area (Å²) in [5, 5.41) is 0.713. The van der Waals surface area contributed by atoms with Gasteiger partial charge in [0, 0.05) is 30.9 Å². The van der Waals surface area contributed by atoms with E-state index in [-0.39, 0.29) is 0 Å². The van der Waals surface area contributed by atoms with Crippen molar-refractivity contribution in [2.24, 2.45) is 5.73 Å². The number of fused-ring (bicyclic) bond motifs is 1. The largest absolute Gasteiger partial charge is 0.372 e. The number of hydrogen-bond acceptors (Lipinski definition) is 2. The Morgan fingerprint density at radius 2 is 2.50 bits per heavy atom. The van der Waals surface area contributed by atoms with Crippen LogP contribution in [0.25, 0.3) is 6.08 Å². The van der Waals surface area contributed by atoms with Crippen LogP contribution in [0.5, 0.6) is 0 Å². The van der Waals surface area contributed by atoms with Crippen LogP contribution in [-0.2, 0) is 6.54 Å². The van der Waals surface area contributed by atoms with E-state index in [4.69, 9.17) is 18.7 Å². The van der Waals surface area contributed by atoms with Gasteiger partial charge in [0.1, 0.15) is 0 Å². The molecule has 0 aromatic heterocycles. The summed E-state index contributed by atoms with van der Waals surface area (Å²) in [6, 6.07) is 4.05. The van der Waals surface area contributed by atoms with Crippen molar-refractivity contribution >= 4 is 17.7 Å². The number of nitrogens with zero attached hydrogens (tertiary/aromatic N) is 1. The molecule has 0 amide bonds. The molecule has 0 radical (unpaired) electrons. The van der Waals surface area contributed by atoms with E-state index in [1.54, 1.807) is 12.1 Å². The molecule has 0 saturated carbocycles. The van der Waals surface area contributed by atoms with Crippen LogP contribution < -0.4 is 5.73 Å². The summed E-state index contributed by atoms with van der Waals surface area (Å²) in [6.45, 7) is 2.15. The van der Waals surface area contributed by atoms with Gasteiger partial charge in [0.15, 0.2) is 0 Å². The maximum atomic E-state index is 7.82. The zero-order chi connectivity index (χ0) is 10.8. The van der Waals surface area contributed by atoms with Crippen molar-refractivity contribution in [3.63, 3.8) is 0 Å². The van der Waals surface area contributed by atoms with Gasteiger partial charge in [-0.2, -0.15) is 0 Å². The molecule has 0 fully saturated rings. The Morgan fingerprint density at radius 3 is 3.29 bits per heavy atom. The SMILES string of the molecule is [2H]c1ccc(Cl)c2c1CN(CCN)C=C2. The summed E-state index contributed by atoms with van der Waals surface area (Å²) in [5.41, 5.74) is 7.45. The molecule has 1 aliphatic heterocycles. The predicted octanol–water partition coefficient (Wildman–Crippen LogP) is 2.08. The van der Waals surface area contributed by atoms with E-state index in [0.29, 0.717) is 17.6 Å². The third kappa shape index (κ3) is 1.76. The van der Waals surface area contributed by atoms with E-state index in [1.807, 2.05) is 12.3 Å². The van der Waals surface area contributed by atoms with Crippen molar-refractivity contribution in [1.82, 2.24) is 4.90 Å². The van der Waals surface area contributed by atoms with Crippen LogP contribution in [0, 0.1) is 0 Å². The zero-order valence-electron chi connectivity index (χ0n) is 8.83. The average Bonchev–Trinajstić information content (AvgIpc) is 2.24. The van der Waals surface area contributed by atoms with Gasteiger partial charge in [-0.3, -0.25) is 0 Å². The standard InChI is InChI=1S/C11H13ClN2/c12-11-3-1-2-9-8-14(7-5-13)6-4-10(9)11/h1-4,6H,5,7-8,13H2/i2D. The van der Waals surface area contributed by atoms with E-state index < -0.39 is 0 Å². The van der Waals surface area contributed by atoms with Crippen LogP contribution in [0.1, 0.15) is 12.5 Å². The molecule has 2 N–H and O–H groups in total. The molecule has 14 heavy (non-hydrogen) atoms. The van der Waals surface area contributed by atoms with Gasteiger partial charge in [-0.15, -0.1) is 0 Å². The van der Waals surface area contributed by atoms with Crippen LogP contribution in [-0.4, -0.2) is 18.0 Å². The highest BCUT2D eigenvalue weighted by Crippen LogP contribution is 2.26. The number of halogens is 1. The van der Waals surface area contributed by atoms with Crippen molar-refractivity contribution in [2.75, 3.05) is 13.1 Å². The topological polar surface area (TPSA) is 29.3 Å². The molecule has 0 bridgehead atoms. The van der Waals surface area contributed by atoms with Crippen molar-refractivity contribution in [3.05, 3.63) is 40.5 Å². The molecule has 1 aromatic rings. The second kappa shape index (κ2) is 4.03. The average molecular weight is 210 g/mol. The maximum absolute atomic E-state index is 7.82. The van der Waals surface area contributed by atoms with Crippen LogP contribution in [0.4, 0.5) is 0 Å². The Labute approximate surface area is 90.4 Å². The van der Waals surface area contributed by atoms with Gasteiger partial charge in [-0.05, 0) is 23.3 Å². The van der Waals surface area contributed by atoms with Gasteiger partial charge in [0.25, 0.3) is 0 Å². The molecule has 2 nitrogen and oxygen atoms in total. The third-order valence-electron chi connectivity index (χ3n) is 2.30. The Kier molecular flexibility index (Phi) is 2.40. The maximum Gasteiger partial charge on any atom is 0.0627 e. The summed E-state index contributed by atoms with van der Waals surface area (Å²) < 4.78 is 7.82. The minimum atomic E-state index is 0.542. The molecule has 0 aliphatic carbocycles. The van der Waals surface area contributed by atoms with Gasteiger partial charge in [0.2, 0.25) is 0 Å². The first-order valence-corrected chi connectivity index (χ1v) is 5.00. The van der Waals surface area contributed by atoms with Crippen LogP contribution in [0.2, 0.25) is 5.02 Å². The molecule has 3 heteroatoms. The lowest BCUT2D eigenvalue weighted by molar-refractivity contribution is 0.376. The smallest absolute Gasteiger partial charge is 0.0627 e. The van der Waals surface area contributed by atoms with Crippen LogP contribution in [0.15, 0.2) is 24.4 Å². The third-order valence-corrected chi connectivity index (χ3v) is 2.63. The molecule has 0 atom stereocenters. The first kappa shape index (κ1) is 8.33. The van der Waals surface area contributed by atoms with E-state index in [2.05, 4.69) is 4.90 Å². The lowest BCUT2D eigenvalue weighted by atomic mass is 10.0. The number of benzene rings is 1. The van der Waals surface area contributed by atoms with Crippen molar-refractivity contribution in [3.8, 4) is 0 Å². The molecule has 74 valence electrons. The molecule has 0 spiro atoms. The molecule has 2 rings (SSSR count). The first-order valence-electron chi connectivity index (χ1n) is 5.12. The summed E-state index contributed by atoms with van der Waals surface area (Å²) in [7, 11) is 0. The molecule has 1 aromatic carbocycles. The Morgan fingerprint density at radius 1 is 1.64 bits per heavy atom. The van der Waals surface area contributed by atoms with Gasteiger partial charge < -0.3 is 10.6 Å². The summed E-state index contributed by atoms with van der Waals surface area (Å²) >= 11 is 6.06. The van der Waals surface area contributed by atoms with Gasteiger partial charge >= 0.3 is 0 Å². The second-order valence-electron chi connectivity index (χ2n) is 3.29. The zero-order valence-corrected chi connectivity index (χ0v) is 8.59. The summed E-state index contributed by atoms with van der Waals surface area (Å²) in [5.74, 6) is 0. The highest BCUT2D eigenvalue weighted by atomic mass is 35.5.